The van der Waals surface area contributed by atoms with Gasteiger partial charge < -0.3 is 10.4 Å². The minimum absolute atomic E-state index is 0.0747. The van der Waals surface area contributed by atoms with Gasteiger partial charge in [0.25, 0.3) is 0 Å². The maximum atomic E-state index is 9.11. The molecule has 1 fully saturated rings. The molecule has 2 rings (SSSR count). The van der Waals surface area contributed by atoms with Gasteiger partial charge in [0.15, 0.2) is 0 Å². The van der Waals surface area contributed by atoms with Gasteiger partial charge in [-0.25, -0.2) is 0 Å². The number of rotatable bonds is 3. The largest absolute Gasteiger partial charge is 0.393 e. The van der Waals surface area contributed by atoms with E-state index in [9.17, 15) is 0 Å². The van der Waals surface area contributed by atoms with E-state index in [1.165, 1.54) is 4.88 Å². The van der Waals surface area contributed by atoms with Gasteiger partial charge in [-0.05, 0) is 50.8 Å². The summed E-state index contributed by atoms with van der Waals surface area (Å²) in [6.45, 7) is 0.895. The monoisotopic (exact) mass is 339 g/mol. The summed E-state index contributed by atoms with van der Waals surface area (Å²) in [5.74, 6) is 0. The topological polar surface area (TPSA) is 32.3 Å². The van der Waals surface area contributed by atoms with E-state index in [1.54, 1.807) is 11.3 Å². The van der Waals surface area contributed by atoms with Gasteiger partial charge >= 0.3 is 0 Å². The maximum absolute atomic E-state index is 9.11. The van der Waals surface area contributed by atoms with Crippen LogP contribution in [0, 0.1) is 0 Å². The number of halogens is 2. The predicted molar refractivity (Wildman–Crippen MR) is 65.6 cm³/mol. The molecule has 14 heavy (non-hydrogen) atoms. The van der Waals surface area contributed by atoms with E-state index in [1.807, 2.05) is 0 Å². The average molecular weight is 341 g/mol. The van der Waals surface area contributed by atoms with E-state index >= 15 is 0 Å². The zero-order valence-corrected chi connectivity index (χ0v) is 11.5. The first-order valence-corrected chi connectivity index (χ1v) is 6.90. The molecule has 0 atom stereocenters. The third kappa shape index (κ3) is 2.58. The molecule has 78 valence electrons. The van der Waals surface area contributed by atoms with Crippen LogP contribution in [0.3, 0.4) is 0 Å². The molecule has 1 aliphatic rings. The first-order valence-electron chi connectivity index (χ1n) is 4.50. The number of thiophene rings is 1. The highest BCUT2D eigenvalue weighted by Gasteiger charge is 2.26. The lowest BCUT2D eigenvalue weighted by Gasteiger charge is -2.31. The van der Waals surface area contributed by atoms with E-state index in [0.717, 1.165) is 27.6 Å². The fourth-order valence-corrected chi connectivity index (χ4v) is 3.61. The van der Waals surface area contributed by atoms with Gasteiger partial charge in [0.1, 0.15) is 0 Å². The third-order valence-electron chi connectivity index (χ3n) is 2.37. The summed E-state index contributed by atoms with van der Waals surface area (Å²) in [6.07, 6.45) is 1.72. The van der Waals surface area contributed by atoms with Crippen LogP contribution in [0.15, 0.2) is 14.3 Å². The second kappa shape index (κ2) is 4.61. The lowest BCUT2D eigenvalue weighted by Crippen LogP contribution is -2.43. The number of hydrogen-bond donors (Lipinski definition) is 2. The fraction of sp³-hybridized carbons (Fsp3) is 0.556. The Morgan fingerprint density at radius 1 is 1.50 bits per heavy atom. The zero-order valence-electron chi connectivity index (χ0n) is 7.46. The van der Waals surface area contributed by atoms with E-state index in [4.69, 9.17) is 5.11 Å². The summed E-state index contributed by atoms with van der Waals surface area (Å²) >= 11 is 8.66. The molecule has 0 aliphatic heterocycles. The van der Waals surface area contributed by atoms with Crippen LogP contribution in [-0.2, 0) is 6.54 Å². The van der Waals surface area contributed by atoms with E-state index in [0.29, 0.717) is 6.04 Å². The third-order valence-corrected chi connectivity index (χ3v) is 5.63. The first-order chi connectivity index (χ1) is 6.65. The molecule has 1 aromatic rings. The Hall–Kier alpha value is 0.580. The van der Waals surface area contributed by atoms with E-state index < -0.39 is 0 Å². The molecule has 0 saturated heterocycles. The zero-order chi connectivity index (χ0) is 10.1. The summed E-state index contributed by atoms with van der Waals surface area (Å²) < 4.78 is 2.26. The van der Waals surface area contributed by atoms with Crippen molar-refractivity contribution in [2.45, 2.75) is 31.5 Å². The van der Waals surface area contributed by atoms with Gasteiger partial charge in [0, 0.05) is 21.9 Å². The Morgan fingerprint density at radius 3 is 2.71 bits per heavy atom. The number of nitrogens with one attached hydrogen (secondary N) is 1. The molecular formula is C9H11Br2NOS. The molecular weight excluding hydrogens is 330 g/mol. The molecule has 0 unspecified atom stereocenters. The second-order valence-electron chi connectivity index (χ2n) is 3.54. The predicted octanol–water partition coefficient (Wildman–Crippen LogP) is 2.89. The Labute approximate surface area is 104 Å². The molecule has 1 aliphatic carbocycles. The van der Waals surface area contributed by atoms with Crippen LogP contribution in [-0.4, -0.2) is 17.3 Å². The van der Waals surface area contributed by atoms with Crippen molar-refractivity contribution in [1.29, 1.82) is 0 Å². The molecule has 0 bridgehead atoms. The molecule has 0 amide bonds. The van der Waals surface area contributed by atoms with E-state index in [-0.39, 0.29) is 6.10 Å². The maximum Gasteiger partial charge on any atom is 0.0843 e. The van der Waals surface area contributed by atoms with E-state index in [2.05, 4.69) is 43.2 Å². The summed E-state index contributed by atoms with van der Waals surface area (Å²) in [6, 6.07) is 2.63. The number of aliphatic hydroxyl groups is 1. The van der Waals surface area contributed by atoms with Crippen molar-refractivity contribution in [3.05, 3.63) is 19.2 Å². The Morgan fingerprint density at radius 2 is 2.21 bits per heavy atom. The quantitative estimate of drug-likeness (QED) is 0.886. The van der Waals surface area contributed by atoms with Crippen LogP contribution >= 0.6 is 43.2 Å². The van der Waals surface area contributed by atoms with Crippen LogP contribution in [0.5, 0.6) is 0 Å². The Bertz CT molecular complexity index is 303. The molecule has 2 nitrogen and oxygen atoms in total. The van der Waals surface area contributed by atoms with Gasteiger partial charge in [-0.15, -0.1) is 11.3 Å². The molecule has 1 saturated carbocycles. The van der Waals surface area contributed by atoms with Crippen molar-refractivity contribution >= 4 is 43.2 Å². The highest BCUT2D eigenvalue weighted by Crippen LogP contribution is 2.32. The summed E-state index contributed by atoms with van der Waals surface area (Å²) in [5, 5.41) is 12.5. The van der Waals surface area contributed by atoms with Crippen molar-refractivity contribution in [2.24, 2.45) is 0 Å². The highest BCUT2D eigenvalue weighted by atomic mass is 79.9. The smallest absolute Gasteiger partial charge is 0.0843 e. The summed E-state index contributed by atoms with van der Waals surface area (Å²) in [4.78, 5) is 1.31. The van der Waals surface area contributed by atoms with Crippen LogP contribution in [0.25, 0.3) is 0 Å². The molecule has 1 heterocycles. The highest BCUT2D eigenvalue weighted by molar-refractivity contribution is 9.13. The van der Waals surface area contributed by atoms with Gasteiger partial charge in [-0.3, -0.25) is 0 Å². The Balaban J connectivity index is 1.80. The van der Waals surface area contributed by atoms with Crippen molar-refractivity contribution in [1.82, 2.24) is 5.32 Å². The van der Waals surface area contributed by atoms with Gasteiger partial charge in [0.2, 0.25) is 0 Å². The normalized spacial score (nSPS) is 26.2. The lowest BCUT2D eigenvalue weighted by molar-refractivity contribution is 0.0620. The van der Waals surface area contributed by atoms with Gasteiger partial charge in [0.05, 0.1) is 9.89 Å². The molecule has 2 N–H and O–H groups in total. The van der Waals surface area contributed by atoms with Crippen LogP contribution in [0.4, 0.5) is 0 Å². The summed E-state index contributed by atoms with van der Waals surface area (Å²) in [5.41, 5.74) is 0. The fourth-order valence-electron chi connectivity index (χ4n) is 1.48. The minimum atomic E-state index is -0.0747. The van der Waals surface area contributed by atoms with Crippen LogP contribution < -0.4 is 5.32 Å². The van der Waals surface area contributed by atoms with Crippen LogP contribution in [0.1, 0.15) is 17.7 Å². The first kappa shape index (κ1) is 11.1. The molecule has 1 aromatic heterocycles. The molecule has 0 radical (unpaired) electrons. The summed E-state index contributed by atoms with van der Waals surface area (Å²) in [7, 11) is 0. The van der Waals surface area contributed by atoms with Crippen LogP contribution in [0.2, 0.25) is 0 Å². The van der Waals surface area contributed by atoms with Crippen molar-refractivity contribution in [3.8, 4) is 0 Å². The second-order valence-corrected chi connectivity index (χ2v) is 6.85. The van der Waals surface area contributed by atoms with Gasteiger partial charge in [-0.2, -0.15) is 0 Å². The van der Waals surface area contributed by atoms with Gasteiger partial charge in [-0.1, -0.05) is 0 Å². The number of aliphatic hydroxyl groups excluding tert-OH is 1. The number of hydrogen-bond acceptors (Lipinski definition) is 3. The van der Waals surface area contributed by atoms with Crippen molar-refractivity contribution in [2.75, 3.05) is 0 Å². The molecule has 0 spiro atoms. The Kier molecular flexibility index (Phi) is 3.65. The SMILES string of the molecule is OC1CC(NCc2cc(Br)c(Br)s2)C1. The standard InChI is InChI=1S/C9H11Br2NOS/c10-8-3-7(14-9(8)11)4-12-5-1-6(13)2-5/h3,5-6,12-13H,1-2,4H2. The van der Waals surface area contributed by atoms with Crippen molar-refractivity contribution in [3.63, 3.8) is 0 Å². The minimum Gasteiger partial charge on any atom is -0.393 e. The lowest BCUT2D eigenvalue weighted by atomic mass is 9.89. The molecule has 5 heteroatoms. The average Bonchev–Trinajstić information content (AvgIpc) is 2.39. The molecule has 0 aromatic carbocycles. The van der Waals surface area contributed by atoms with Crippen molar-refractivity contribution < 1.29 is 5.11 Å².